The van der Waals surface area contributed by atoms with E-state index in [4.69, 9.17) is 5.73 Å². The Kier molecular flexibility index (Phi) is 7.77. The fraction of sp³-hybridized carbons (Fsp3) is 0.296. The Bertz CT molecular complexity index is 1040. The first-order chi connectivity index (χ1) is 15.4. The molecule has 5 nitrogen and oxygen atoms in total. The average Bonchev–Trinajstić information content (AvgIpc) is 2.81. The number of Topliss-reactive ketones (excluding diaryl/α,β-unsaturated/α-hetero) is 1. The fourth-order valence-corrected chi connectivity index (χ4v) is 3.58. The van der Waals surface area contributed by atoms with Gasteiger partial charge in [0, 0.05) is 36.8 Å². The van der Waals surface area contributed by atoms with Crippen molar-refractivity contribution in [2.45, 2.75) is 40.0 Å². The van der Waals surface area contributed by atoms with Crippen molar-refractivity contribution in [3.63, 3.8) is 0 Å². The van der Waals surface area contributed by atoms with E-state index in [2.05, 4.69) is 18.8 Å². The van der Waals surface area contributed by atoms with Crippen LogP contribution in [0.15, 0.2) is 66.9 Å². The Morgan fingerprint density at radius 1 is 0.938 bits per heavy atom. The molecule has 0 aliphatic carbocycles. The van der Waals surface area contributed by atoms with Gasteiger partial charge in [-0.2, -0.15) is 0 Å². The number of nitrogens with two attached hydrogens (primary N) is 1. The lowest BCUT2D eigenvalue weighted by atomic mass is 9.99. The van der Waals surface area contributed by atoms with Crippen LogP contribution in [0.2, 0.25) is 0 Å². The Balaban J connectivity index is 1.66. The van der Waals surface area contributed by atoms with Crippen LogP contribution in [0.3, 0.4) is 0 Å². The summed E-state index contributed by atoms with van der Waals surface area (Å²) in [5.74, 6) is 1.11. The van der Waals surface area contributed by atoms with Gasteiger partial charge in [0.25, 0.3) is 0 Å². The van der Waals surface area contributed by atoms with Gasteiger partial charge in [-0.1, -0.05) is 63.2 Å². The summed E-state index contributed by atoms with van der Waals surface area (Å²) in [5, 5.41) is 0. The molecule has 1 amide bonds. The lowest BCUT2D eigenvalue weighted by Crippen LogP contribution is -2.33. The van der Waals surface area contributed by atoms with E-state index in [1.165, 1.54) is 0 Å². The first-order valence-electron chi connectivity index (χ1n) is 11.1. The zero-order valence-corrected chi connectivity index (χ0v) is 19.0. The van der Waals surface area contributed by atoms with Gasteiger partial charge in [0.05, 0.1) is 0 Å². The summed E-state index contributed by atoms with van der Waals surface area (Å²) in [5.41, 5.74) is 10.3. The highest BCUT2D eigenvalue weighted by atomic mass is 16.2. The summed E-state index contributed by atoms with van der Waals surface area (Å²) in [6.07, 6.45) is 3.26. The Hall–Kier alpha value is -3.47. The van der Waals surface area contributed by atoms with E-state index in [0.717, 1.165) is 22.4 Å². The highest BCUT2D eigenvalue weighted by molar-refractivity contribution is 5.96. The summed E-state index contributed by atoms with van der Waals surface area (Å²) < 4.78 is 0. The zero-order valence-electron chi connectivity index (χ0n) is 19.0. The molecule has 0 aliphatic rings. The number of benzene rings is 2. The average molecular weight is 430 g/mol. The Labute approximate surface area is 190 Å². The number of nitrogens with zero attached hydrogens (tertiary/aromatic N) is 2. The quantitative estimate of drug-likeness (QED) is 0.453. The maximum absolute atomic E-state index is 12.6. The van der Waals surface area contributed by atoms with Crippen LogP contribution in [-0.2, 0) is 11.2 Å². The monoisotopic (exact) mass is 429 g/mol. The number of carbonyl (C=O) groups excluding carboxylic acids is 2. The largest absolute Gasteiger partial charge is 0.384 e. The SMILES string of the molecule is CCC(=O)N(CC(C)C)c1ccc(-c2ccc(C(=O)CCc3ccc(N)nc3)cc2)cc1. The summed E-state index contributed by atoms with van der Waals surface area (Å²) in [6.45, 7) is 6.81. The number of anilines is 2. The van der Waals surface area contributed by atoms with Crippen molar-refractivity contribution in [1.29, 1.82) is 0 Å². The number of carbonyl (C=O) groups is 2. The van der Waals surface area contributed by atoms with Gasteiger partial charge in [0.15, 0.2) is 5.78 Å². The highest BCUT2D eigenvalue weighted by Gasteiger charge is 2.15. The van der Waals surface area contributed by atoms with Gasteiger partial charge < -0.3 is 10.6 Å². The molecule has 1 heterocycles. The predicted octanol–water partition coefficient (Wildman–Crippen LogP) is 5.55. The van der Waals surface area contributed by atoms with Gasteiger partial charge in [-0.3, -0.25) is 9.59 Å². The maximum atomic E-state index is 12.6. The first kappa shape index (κ1) is 23.2. The van der Waals surface area contributed by atoms with Gasteiger partial charge in [0.1, 0.15) is 5.82 Å². The van der Waals surface area contributed by atoms with E-state index >= 15 is 0 Å². The van der Waals surface area contributed by atoms with Crippen molar-refractivity contribution in [3.05, 3.63) is 78.0 Å². The molecule has 1 aromatic heterocycles. The Morgan fingerprint density at radius 2 is 1.56 bits per heavy atom. The van der Waals surface area contributed by atoms with E-state index < -0.39 is 0 Å². The third-order valence-corrected chi connectivity index (χ3v) is 5.36. The number of ketones is 1. The number of hydrogen-bond donors (Lipinski definition) is 1. The van der Waals surface area contributed by atoms with Crippen LogP contribution >= 0.6 is 0 Å². The third kappa shape index (κ3) is 6.03. The molecule has 0 unspecified atom stereocenters. The van der Waals surface area contributed by atoms with Crippen molar-refractivity contribution >= 4 is 23.2 Å². The molecule has 0 atom stereocenters. The smallest absolute Gasteiger partial charge is 0.226 e. The molecule has 0 saturated carbocycles. The molecule has 166 valence electrons. The van der Waals surface area contributed by atoms with Crippen LogP contribution in [0.25, 0.3) is 11.1 Å². The number of amides is 1. The number of aromatic nitrogens is 1. The molecule has 32 heavy (non-hydrogen) atoms. The van der Waals surface area contributed by atoms with Gasteiger partial charge in [-0.15, -0.1) is 0 Å². The number of aryl methyl sites for hydroxylation is 1. The third-order valence-electron chi connectivity index (χ3n) is 5.36. The summed E-state index contributed by atoms with van der Waals surface area (Å²) >= 11 is 0. The molecule has 5 heteroatoms. The van der Waals surface area contributed by atoms with E-state index in [-0.39, 0.29) is 11.7 Å². The Morgan fingerprint density at radius 3 is 2.09 bits per heavy atom. The predicted molar refractivity (Wildman–Crippen MR) is 131 cm³/mol. The number of hydrogen-bond acceptors (Lipinski definition) is 4. The first-order valence-corrected chi connectivity index (χ1v) is 11.1. The lowest BCUT2D eigenvalue weighted by molar-refractivity contribution is -0.118. The standard InChI is InChI=1S/C27H31N3O2/c1-4-27(32)30(18-19(2)3)24-13-11-22(12-14-24)21-7-9-23(10-8-21)25(31)15-5-20-6-16-26(28)29-17-20/h6-14,16-17,19H,4-5,15,18H2,1-3H3,(H2,28,29). The molecule has 0 spiro atoms. The van der Waals surface area contributed by atoms with E-state index in [1.54, 1.807) is 12.3 Å². The summed E-state index contributed by atoms with van der Waals surface area (Å²) in [6, 6.07) is 19.4. The molecule has 0 saturated heterocycles. The zero-order chi connectivity index (χ0) is 23.1. The van der Waals surface area contributed by atoms with Gasteiger partial charge in [-0.25, -0.2) is 4.98 Å². The molecule has 3 rings (SSSR count). The minimum absolute atomic E-state index is 0.103. The second-order valence-corrected chi connectivity index (χ2v) is 8.39. The van der Waals surface area contributed by atoms with E-state index in [0.29, 0.717) is 43.1 Å². The van der Waals surface area contributed by atoms with E-state index in [1.807, 2.05) is 66.4 Å². The molecule has 0 fully saturated rings. The van der Waals surface area contributed by atoms with Crippen LogP contribution < -0.4 is 10.6 Å². The second kappa shape index (κ2) is 10.7. The molecular weight excluding hydrogens is 398 g/mol. The molecule has 0 radical (unpaired) electrons. The van der Waals surface area contributed by atoms with Crippen LogP contribution in [0, 0.1) is 5.92 Å². The van der Waals surface area contributed by atoms with Crippen molar-refractivity contribution in [2.24, 2.45) is 5.92 Å². The van der Waals surface area contributed by atoms with Crippen LogP contribution in [0.5, 0.6) is 0 Å². The van der Waals surface area contributed by atoms with Crippen LogP contribution in [0.4, 0.5) is 11.5 Å². The van der Waals surface area contributed by atoms with E-state index in [9.17, 15) is 9.59 Å². The van der Waals surface area contributed by atoms with Gasteiger partial charge >= 0.3 is 0 Å². The van der Waals surface area contributed by atoms with Crippen molar-refractivity contribution in [3.8, 4) is 11.1 Å². The minimum atomic E-state index is 0.103. The van der Waals surface area contributed by atoms with Gasteiger partial charge in [-0.05, 0) is 47.2 Å². The van der Waals surface area contributed by atoms with Crippen molar-refractivity contribution in [1.82, 2.24) is 4.98 Å². The lowest BCUT2D eigenvalue weighted by Gasteiger charge is -2.24. The summed E-state index contributed by atoms with van der Waals surface area (Å²) in [7, 11) is 0. The van der Waals surface area contributed by atoms with Crippen molar-refractivity contribution in [2.75, 3.05) is 17.2 Å². The molecular formula is C27H31N3O2. The molecule has 2 N–H and O–H groups in total. The topological polar surface area (TPSA) is 76.3 Å². The second-order valence-electron chi connectivity index (χ2n) is 8.39. The van der Waals surface area contributed by atoms with Crippen molar-refractivity contribution < 1.29 is 9.59 Å². The number of nitrogen functional groups attached to an aromatic ring is 1. The minimum Gasteiger partial charge on any atom is -0.384 e. The normalized spacial score (nSPS) is 10.9. The number of rotatable bonds is 9. The number of pyridine rings is 1. The summed E-state index contributed by atoms with van der Waals surface area (Å²) in [4.78, 5) is 30.8. The van der Waals surface area contributed by atoms with Gasteiger partial charge in [0.2, 0.25) is 5.91 Å². The van der Waals surface area contributed by atoms with Crippen LogP contribution in [0.1, 0.15) is 49.5 Å². The molecule has 0 aliphatic heterocycles. The molecule has 2 aromatic carbocycles. The molecule has 3 aromatic rings. The fourth-order valence-electron chi connectivity index (χ4n) is 3.58. The molecule has 0 bridgehead atoms. The maximum Gasteiger partial charge on any atom is 0.226 e. The highest BCUT2D eigenvalue weighted by Crippen LogP contribution is 2.25. The van der Waals surface area contributed by atoms with Crippen LogP contribution in [-0.4, -0.2) is 23.2 Å².